The number of ketones is 1. The summed E-state index contributed by atoms with van der Waals surface area (Å²) < 4.78 is 28.3. The topological polar surface area (TPSA) is 63.6 Å². The summed E-state index contributed by atoms with van der Waals surface area (Å²) in [5.41, 5.74) is 0.996. The van der Waals surface area contributed by atoms with Crippen LogP contribution in [0.25, 0.3) is 0 Å². The van der Waals surface area contributed by atoms with E-state index in [4.69, 9.17) is 0 Å². The van der Waals surface area contributed by atoms with Gasteiger partial charge in [-0.3, -0.25) is 4.79 Å². The van der Waals surface area contributed by atoms with Gasteiger partial charge in [0, 0.05) is 0 Å². The molecule has 0 heterocycles. The van der Waals surface area contributed by atoms with Crippen molar-refractivity contribution in [2.24, 2.45) is 10.3 Å². The summed E-state index contributed by atoms with van der Waals surface area (Å²) >= 11 is 6.83. The fourth-order valence-corrected chi connectivity index (χ4v) is 4.36. The number of nitrogens with zero attached hydrogens (tertiary/aromatic N) is 1. The molecule has 0 aliphatic heterocycles. The molecule has 0 aromatic heterocycles. The van der Waals surface area contributed by atoms with E-state index < -0.39 is 19.2 Å². The molecule has 4 nitrogen and oxygen atoms in total. The third kappa shape index (κ3) is 3.67. The lowest BCUT2D eigenvalue weighted by atomic mass is 9.83. The van der Waals surface area contributed by atoms with Gasteiger partial charge in [-0.1, -0.05) is 63.9 Å². The third-order valence-electron chi connectivity index (χ3n) is 3.66. The van der Waals surface area contributed by atoms with Crippen LogP contribution < -0.4 is 0 Å². The van der Waals surface area contributed by atoms with E-state index in [0.717, 1.165) is 0 Å². The van der Waals surface area contributed by atoms with Crippen molar-refractivity contribution < 1.29 is 13.2 Å². The molecule has 1 aliphatic carbocycles. The van der Waals surface area contributed by atoms with Gasteiger partial charge in [-0.25, -0.2) is 0 Å². The maximum absolute atomic E-state index is 12.6. The van der Waals surface area contributed by atoms with Gasteiger partial charge < -0.3 is 0 Å². The average Bonchev–Trinajstić information content (AvgIpc) is 2.49. The van der Waals surface area contributed by atoms with Gasteiger partial charge in [0.2, 0.25) is 0 Å². The van der Waals surface area contributed by atoms with Crippen LogP contribution >= 0.6 is 31.9 Å². The number of carbonyl (C=O) groups is 1. The Morgan fingerprint density at radius 1 is 1.22 bits per heavy atom. The molecule has 1 aromatic rings. The minimum Gasteiger partial charge on any atom is -0.293 e. The van der Waals surface area contributed by atoms with Crippen LogP contribution in [-0.4, -0.2) is 29.1 Å². The number of alkyl halides is 2. The van der Waals surface area contributed by atoms with Crippen LogP contribution in [0.15, 0.2) is 51.3 Å². The highest BCUT2D eigenvalue weighted by molar-refractivity contribution is 9.13. The number of hydrogen-bond donors (Lipinski definition) is 0. The number of halogens is 2. The SMILES string of the molecule is CC(C)C1=CC(=O)C(C)(Br)C(Br)/C1=N\S(=O)(=O)c1ccccc1. The van der Waals surface area contributed by atoms with Crippen LogP contribution in [0.3, 0.4) is 0 Å². The predicted octanol–water partition coefficient (Wildman–Crippen LogP) is 3.90. The van der Waals surface area contributed by atoms with E-state index in [1.807, 2.05) is 13.8 Å². The van der Waals surface area contributed by atoms with Crippen molar-refractivity contribution in [2.45, 2.75) is 34.8 Å². The van der Waals surface area contributed by atoms with Crippen molar-refractivity contribution in [1.82, 2.24) is 0 Å². The molecule has 0 N–H and O–H groups in total. The standard InChI is InChI=1S/C16H17Br2NO3S/c1-10(2)12-9-13(20)16(3,18)15(17)14(12)19-23(21,22)11-7-5-4-6-8-11/h4-10,15H,1-3H3/b19-14-. The van der Waals surface area contributed by atoms with E-state index in [1.54, 1.807) is 25.1 Å². The van der Waals surface area contributed by atoms with Gasteiger partial charge in [0.25, 0.3) is 10.0 Å². The Morgan fingerprint density at radius 2 is 1.78 bits per heavy atom. The molecule has 2 rings (SSSR count). The van der Waals surface area contributed by atoms with Crippen LogP contribution in [-0.2, 0) is 14.8 Å². The molecule has 1 aliphatic rings. The van der Waals surface area contributed by atoms with Crippen molar-refractivity contribution >= 4 is 53.4 Å². The molecular formula is C16H17Br2NO3S. The largest absolute Gasteiger partial charge is 0.293 e. The maximum Gasteiger partial charge on any atom is 0.282 e. The van der Waals surface area contributed by atoms with Gasteiger partial charge in [-0.05, 0) is 36.6 Å². The van der Waals surface area contributed by atoms with E-state index in [1.165, 1.54) is 18.2 Å². The fourth-order valence-electron chi connectivity index (χ4n) is 2.22. The number of carbonyl (C=O) groups excluding carboxylic acids is 1. The predicted molar refractivity (Wildman–Crippen MR) is 99.0 cm³/mol. The summed E-state index contributed by atoms with van der Waals surface area (Å²) in [5, 5.41) is 0. The summed E-state index contributed by atoms with van der Waals surface area (Å²) in [4.78, 5) is 11.9. The first-order valence-electron chi connectivity index (χ1n) is 7.06. The van der Waals surface area contributed by atoms with E-state index >= 15 is 0 Å². The molecule has 23 heavy (non-hydrogen) atoms. The Balaban J connectivity index is 2.63. The summed E-state index contributed by atoms with van der Waals surface area (Å²) in [6.07, 6.45) is 1.48. The Bertz CT molecular complexity index is 781. The van der Waals surface area contributed by atoms with E-state index in [0.29, 0.717) is 11.3 Å². The van der Waals surface area contributed by atoms with Gasteiger partial charge in [-0.15, -0.1) is 0 Å². The first kappa shape index (κ1) is 18.5. The molecule has 0 saturated carbocycles. The van der Waals surface area contributed by atoms with Crippen molar-refractivity contribution in [2.75, 3.05) is 0 Å². The number of hydrogen-bond acceptors (Lipinski definition) is 3. The summed E-state index contributed by atoms with van der Waals surface area (Å²) in [6.45, 7) is 5.51. The minimum atomic E-state index is -3.84. The zero-order valence-electron chi connectivity index (χ0n) is 13.0. The van der Waals surface area contributed by atoms with E-state index in [-0.39, 0.29) is 16.6 Å². The molecule has 0 bridgehead atoms. The molecule has 7 heteroatoms. The van der Waals surface area contributed by atoms with E-state index in [2.05, 4.69) is 36.3 Å². The number of rotatable bonds is 3. The molecule has 0 radical (unpaired) electrons. The van der Waals surface area contributed by atoms with Gasteiger partial charge >= 0.3 is 0 Å². The molecule has 2 atom stereocenters. The van der Waals surface area contributed by atoms with Crippen LogP contribution in [0.5, 0.6) is 0 Å². The Morgan fingerprint density at radius 3 is 2.30 bits per heavy atom. The normalized spacial score (nSPS) is 27.4. The Kier molecular flexibility index (Phi) is 5.33. The summed E-state index contributed by atoms with van der Waals surface area (Å²) in [7, 11) is -3.84. The first-order valence-corrected chi connectivity index (χ1v) is 10.2. The number of benzene rings is 1. The van der Waals surface area contributed by atoms with Gasteiger partial charge in [0.15, 0.2) is 5.78 Å². The van der Waals surface area contributed by atoms with Gasteiger partial charge in [0.05, 0.1) is 15.4 Å². The number of sulfonamides is 1. The number of allylic oxidation sites excluding steroid dienone is 2. The van der Waals surface area contributed by atoms with Crippen LogP contribution in [0, 0.1) is 5.92 Å². The second kappa shape index (κ2) is 6.61. The zero-order chi connectivity index (χ0) is 17.4. The fraction of sp³-hybridized carbons (Fsp3) is 0.375. The molecular weight excluding hydrogens is 446 g/mol. The monoisotopic (exact) mass is 461 g/mol. The van der Waals surface area contributed by atoms with Crippen molar-refractivity contribution in [3.05, 3.63) is 42.0 Å². The lowest BCUT2D eigenvalue weighted by molar-refractivity contribution is -0.116. The minimum absolute atomic E-state index is 0.0210. The first-order chi connectivity index (χ1) is 10.6. The van der Waals surface area contributed by atoms with Crippen LogP contribution in [0.4, 0.5) is 0 Å². The van der Waals surface area contributed by atoms with Crippen molar-refractivity contribution in [3.63, 3.8) is 0 Å². The van der Waals surface area contributed by atoms with Crippen LogP contribution in [0.2, 0.25) is 0 Å². The molecule has 124 valence electrons. The van der Waals surface area contributed by atoms with E-state index in [9.17, 15) is 13.2 Å². The van der Waals surface area contributed by atoms with Gasteiger partial charge in [0.1, 0.15) is 4.32 Å². The van der Waals surface area contributed by atoms with Gasteiger partial charge in [-0.2, -0.15) is 12.8 Å². The summed E-state index contributed by atoms with van der Waals surface area (Å²) in [6, 6.07) is 8.05. The smallest absolute Gasteiger partial charge is 0.282 e. The summed E-state index contributed by atoms with van der Waals surface area (Å²) in [5.74, 6) is -0.133. The van der Waals surface area contributed by atoms with Crippen molar-refractivity contribution in [1.29, 1.82) is 0 Å². The highest BCUT2D eigenvalue weighted by Gasteiger charge is 2.45. The molecule has 0 saturated heterocycles. The Labute approximate surface area is 153 Å². The molecule has 0 spiro atoms. The molecule has 1 aromatic carbocycles. The lowest BCUT2D eigenvalue weighted by Crippen LogP contribution is -2.46. The van der Waals surface area contributed by atoms with Crippen LogP contribution in [0.1, 0.15) is 20.8 Å². The highest BCUT2D eigenvalue weighted by Crippen LogP contribution is 2.38. The average molecular weight is 463 g/mol. The highest BCUT2D eigenvalue weighted by atomic mass is 79.9. The maximum atomic E-state index is 12.6. The zero-order valence-corrected chi connectivity index (χ0v) is 16.9. The molecule has 0 fully saturated rings. The molecule has 2 unspecified atom stereocenters. The molecule has 0 amide bonds. The quantitative estimate of drug-likeness (QED) is 0.640. The third-order valence-corrected chi connectivity index (χ3v) is 7.78. The Hall–Kier alpha value is -0.790. The van der Waals surface area contributed by atoms with Crippen molar-refractivity contribution in [3.8, 4) is 0 Å². The lowest BCUT2D eigenvalue weighted by Gasteiger charge is -2.33. The second-order valence-electron chi connectivity index (χ2n) is 5.82. The second-order valence-corrected chi connectivity index (χ2v) is 9.99.